The Morgan fingerprint density at radius 3 is 2.86 bits per heavy atom. The predicted octanol–water partition coefficient (Wildman–Crippen LogP) is 1.47. The molecule has 0 aliphatic carbocycles. The number of rotatable bonds is 4. The van der Waals surface area contributed by atoms with Gasteiger partial charge in [-0.15, -0.1) is 11.3 Å². The molecule has 1 N–H and O–H groups in total. The maximum Gasteiger partial charge on any atom is 0.317 e. The molecule has 0 unspecified atom stereocenters. The largest absolute Gasteiger partial charge is 0.364 e. The van der Waals surface area contributed by atoms with E-state index in [0.717, 1.165) is 48.3 Å². The van der Waals surface area contributed by atoms with Crippen molar-refractivity contribution in [2.75, 3.05) is 26.2 Å². The molecule has 0 aromatic carbocycles. The number of urea groups is 1. The molecule has 0 bridgehead atoms. The van der Waals surface area contributed by atoms with Crippen LogP contribution in [0.1, 0.15) is 15.6 Å². The molecule has 8 heteroatoms. The Kier molecular flexibility index (Phi) is 4.69. The molecule has 2 amide bonds. The zero-order chi connectivity index (χ0) is 15.4. The second-order valence-electron chi connectivity index (χ2n) is 5.26. The molecule has 22 heavy (non-hydrogen) atoms. The van der Waals surface area contributed by atoms with E-state index in [1.807, 2.05) is 24.1 Å². The highest BCUT2D eigenvalue weighted by atomic mass is 32.1. The van der Waals surface area contributed by atoms with Crippen LogP contribution in [-0.4, -0.2) is 52.2 Å². The molecule has 7 nitrogen and oxygen atoms in total. The number of nitrogens with one attached hydrogen (secondary N) is 1. The minimum Gasteiger partial charge on any atom is -0.364 e. The van der Waals surface area contributed by atoms with Gasteiger partial charge in [0.2, 0.25) is 0 Å². The van der Waals surface area contributed by atoms with Gasteiger partial charge in [-0.25, -0.2) is 9.78 Å². The van der Waals surface area contributed by atoms with Crippen molar-refractivity contribution in [1.82, 2.24) is 25.3 Å². The first-order valence-corrected chi connectivity index (χ1v) is 8.08. The monoisotopic (exact) mass is 321 g/mol. The van der Waals surface area contributed by atoms with Crippen LogP contribution in [0.15, 0.2) is 23.0 Å². The van der Waals surface area contributed by atoms with Crippen molar-refractivity contribution in [3.05, 3.63) is 34.1 Å². The Morgan fingerprint density at radius 1 is 1.41 bits per heavy atom. The zero-order valence-corrected chi connectivity index (χ0v) is 13.3. The van der Waals surface area contributed by atoms with E-state index in [2.05, 4.69) is 20.4 Å². The number of carbonyl (C=O) groups excluding carboxylic acids is 1. The van der Waals surface area contributed by atoms with E-state index >= 15 is 0 Å². The molecular weight excluding hydrogens is 302 g/mol. The minimum absolute atomic E-state index is 0.00728. The van der Waals surface area contributed by atoms with Gasteiger partial charge in [0.25, 0.3) is 0 Å². The second-order valence-corrected chi connectivity index (χ2v) is 6.58. The average molecular weight is 321 g/mol. The summed E-state index contributed by atoms with van der Waals surface area (Å²) >= 11 is 1.61. The van der Waals surface area contributed by atoms with Crippen molar-refractivity contribution in [1.29, 1.82) is 0 Å². The molecule has 1 aliphatic rings. The maximum absolute atomic E-state index is 12.2. The standard InChI is InChI=1S/C14H19N5O2S/c1-11-15-8-13(22-11)9-16-14(20)19-5-3-18(4-6-19)10-12-2-7-21-17-12/h2,7-8H,3-6,9-10H2,1H3,(H,16,20). The minimum atomic E-state index is -0.00728. The summed E-state index contributed by atoms with van der Waals surface area (Å²) in [6.45, 7) is 6.43. The lowest BCUT2D eigenvalue weighted by Gasteiger charge is -2.34. The van der Waals surface area contributed by atoms with Gasteiger partial charge >= 0.3 is 6.03 Å². The summed E-state index contributed by atoms with van der Waals surface area (Å²) in [6, 6.07) is 1.86. The predicted molar refractivity (Wildman–Crippen MR) is 82.4 cm³/mol. The van der Waals surface area contributed by atoms with E-state index in [-0.39, 0.29) is 6.03 Å². The summed E-state index contributed by atoms with van der Waals surface area (Å²) in [5, 5.41) is 7.89. The van der Waals surface area contributed by atoms with Gasteiger partial charge in [-0.1, -0.05) is 5.16 Å². The molecule has 2 aromatic rings. The molecule has 0 atom stereocenters. The number of amides is 2. The normalized spacial score (nSPS) is 16.0. The molecule has 118 valence electrons. The van der Waals surface area contributed by atoms with Gasteiger partial charge in [-0.05, 0) is 6.92 Å². The third-order valence-corrected chi connectivity index (χ3v) is 4.53. The number of carbonyl (C=O) groups is 1. The Hall–Kier alpha value is -1.93. The highest BCUT2D eigenvalue weighted by Gasteiger charge is 2.21. The average Bonchev–Trinajstić information content (AvgIpc) is 3.17. The lowest BCUT2D eigenvalue weighted by Crippen LogP contribution is -2.51. The van der Waals surface area contributed by atoms with Gasteiger partial charge in [0.1, 0.15) is 6.26 Å². The van der Waals surface area contributed by atoms with E-state index in [4.69, 9.17) is 4.52 Å². The summed E-state index contributed by atoms with van der Waals surface area (Å²) < 4.78 is 4.84. The van der Waals surface area contributed by atoms with Crippen LogP contribution in [0.2, 0.25) is 0 Å². The second kappa shape index (κ2) is 6.89. The van der Waals surface area contributed by atoms with Crippen molar-refractivity contribution in [3.8, 4) is 0 Å². The smallest absolute Gasteiger partial charge is 0.317 e. The molecular formula is C14H19N5O2S. The van der Waals surface area contributed by atoms with E-state index in [0.29, 0.717) is 6.54 Å². The number of nitrogens with zero attached hydrogens (tertiary/aromatic N) is 4. The lowest BCUT2D eigenvalue weighted by molar-refractivity contribution is 0.133. The molecule has 3 heterocycles. The van der Waals surface area contributed by atoms with Crippen molar-refractivity contribution in [3.63, 3.8) is 0 Å². The maximum atomic E-state index is 12.2. The molecule has 0 radical (unpaired) electrons. The number of hydrogen-bond donors (Lipinski definition) is 1. The van der Waals surface area contributed by atoms with E-state index in [1.165, 1.54) is 0 Å². The van der Waals surface area contributed by atoms with Gasteiger partial charge in [-0.2, -0.15) is 0 Å². The van der Waals surface area contributed by atoms with Crippen molar-refractivity contribution < 1.29 is 9.32 Å². The number of aromatic nitrogens is 2. The highest BCUT2D eigenvalue weighted by Crippen LogP contribution is 2.11. The fourth-order valence-electron chi connectivity index (χ4n) is 2.42. The zero-order valence-electron chi connectivity index (χ0n) is 12.5. The summed E-state index contributed by atoms with van der Waals surface area (Å²) in [7, 11) is 0. The van der Waals surface area contributed by atoms with Gasteiger partial charge in [0.15, 0.2) is 0 Å². The van der Waals surface area contributed by atoms with Crippen LogP contribution >= 0.6 is 11.3 Å². The topological polar surface area (TPSA) is 74.5 Å². The molecule has 0 saturated carbocycles. The Balaban J connectivity index is 1.41. The van der Waals surface area contributed by atoms with Gasteiger partial charge < -0.3 is 14.7 Å². The molecule has 2 aromatic heterocycles. The van der Waals surface area contributed by atoms with Crippen LogP contribution in [0.4, 0.5) is 4.79 Å². The highest BCUT2D eigenvalue weighted by molar-refractivity contribution is 7.11. The summed E-state index contributed by atoms with van der Waals surface area (Å²) in [5.41, 5.74) is 0.929. The van der Waals surface area contributed by atoms with Crippen molar-refractivity contribution in [2.45, 2.75) is 20.0 Å². The molecule has 1 fully saturated rings. The Bertz CT molecular complexity index is 605. The number of thiazole rings is 1. The first-order chi connectivity index (χ1) is 10.7. The third-order valence-electron chi connectivity index (χ3n) is 3.62. The van der Waals surface area contributed by atoms with Gasteiger partial charge in [0.05, 0.1) is 17.2 Å². The third kappa shape index (κ3) is 3.83. The number of aryl methyl sites for hydroxylation is 1. The number of hydrogen-bond acceptors (Lipinski definition) is 6. The number of piperazine rings is 1. The molecule has 3 rings (SSSR count). The van der Waals surface area contributed by atoms with Crippen LogP contribution in [0, 0.1) is 6.92 Å². The first kappa shape index (κ1) is 15.0. The van der Waals surface area contributed by atoms with E-state index in [9.17, 15) is 4.79 Å². The van der Waals surface area contributed by atoms with Crippen LogP contribution < -0.4 is 5.32 Å². The quantitative estimate of drug-likeness (QED) is 0.923. The van der Waals surface area contributed by atoms with Gasteiger partial charge in [0, 0.05) is 49.9 Å². The van der Waals surface area contributed by atoms with Gasteiger partial charge in [-0.3, -0.25) is 4.90 Å². The molecule has 0 spiro atoms. The SMILES string of the molecule is Cc1ncc(CNC(=O)N2CCN(Cc3ccon3)CC2)s1. The van der Waals surface area contributed by atoms with Crippen molar-refractivity contribution >= 4 is 17.4 Å². The fraction of sp³-hybridized carbons (Fsp3) is 0.500. The fourth-order valence-corrected chi connectivity index (χ4v) is 3.15. The summed E-state index contributed by atoms with van der Waals surface area (Å²) in [6.07, 6.45) is 3.40. The molecule has 1 saturated heterocycles. The summed E-state index contributed by atoms with van der Waals surface area (Å²) in [4.78, 5) is 21.5. The first-order valence-electron chi connectivity index (χ1n) is 7.26. The van der Waals surface area contributed by atoms with Crippen LogP contribution in [-0.2, 0) is 13.1 Å². The van der Waals surface area contributed by atoms with Crippen LogP contribution in [0.5, 0.6) is 0 Å². The lowest BCUT2D eigenvalue weighted by atomic mass is 10.3. The Morgan fingerprint density at radius 2 is 2.23 bits per heavy atom. The van der Waals surface area contributed by atoms with Crippen LogP contribution in [0.25, 0.3) is 0 Å². The molecule has 1 aliphatic heterocycles. The van der Waals surface area contributed by atoms with Crippen molar-refractivity contribution in [2.24, 2.45) is 0 Å². The van der Waals surface area contributed by atoms with E-state index < -0.39 is 0 Å². The Labute approximate surface area is 132 Å². The van der Waals surface area contributed by atoms with Crippen LogP contribution in [0.3, 0.4) is 0 Å². The summed E-state index contributed by atoms with van der Waals surface area (Å²) in [5.74, 6) is 0. The van der Waals surface area contributed by atoms with E-state index in [1.54, 1.807) is 17.6 Å².